The van der Waals surface area contributed by atoms with Gasteiger partial charge < -0.3 is 10.5 Å². The normalized spacial score (nSPS) is 10.6. The Morgan fingerprint density at radius 3 is 2.94 bits per heavy atom. The van der Waals surface area contributed by atoms with Crippen LogP contribution in [0.5, 0.6) is 5.19 Å². The summed E-state index contributed by atoms with van der Waals surface area (Å²) in [6.07, 6.45) is 0.855. The molecule has 0 spiro atoms. The molecule has 2 aromatic rings. The van der Waals surface area contributed by atoms with Crippen molar-refractivity contribution in [2.45, 2.75) is 19.9 Å². The van der Waals surface area contributed by atoms with E-state index in [-0.39, 0.29) is 0 Å². The van der Waals surface area contributed by atoms with E-state index in [0.717, 1.165) is 17.1 Å². The third-order valence-electron chi connectivity index (χ3n) is 2.02. The Bertz CT molecular complexity index is 454. The Balaban J connectivity index is 1.82. The number of aryl methyl sites for hydroxylation is 1. The third-order valence-corrected chi connectivity index (χ3v) is 3.88. The topological polar surface area (TPSA) is 73.9 Å². The highest BCUT2D eigenvalue weighted by molar-refractivity contribution is 7.13. The minimum atomic E-state index is 0.412. The smallest absolute Gasteiger partial charge is 0.294 e. The molecule has 2 aromatic heterocycles. The second kappa shape index (κ2) is 5.33. The average Bonchev–Trinajstić information content (AvgIpc) is 2.89. The van der Waals surface area contributed by atoms with E-state index in [1.165, 1.54) is 16.2 Å². The van der Waals surface area contributed by atoms with Gasteiger partial charge in [-0.05, 0) is 6.92 Å². The van der Waals surface area contributed by atoms with E-state index < -0.39 is 0 Å². The maximum Gasteiger partial charge on any atom is 0.294 e. The van der Waals surface area contributed by atoms with Gasteiger partial charge in [0.05, 0.1) is 17.8 Å². The van der Waals surface area contributed by atoms with Crippen LogP contribution in [0.4, 0.5) is 0 Å². The number of hydrogen-bond acceptors (Lipinski definition) is 7. The molecule has 0 amide bonds. The highest BCUT2D eigenvalue weighted by atomic mass is 32.1. The Morgan fingerprint density at radius 1 is 1.44 bits per heavy atom. The monoisotopic (exact) mass is 256 g/mol. The first-order chi connectivity index (χ1) is 7.79. The van der Waals surface area contributed by atoms with Crippen molar-refractivity contribution in [2.75, 3.05) is 6.61 Å². The SMILES string of the molecule is Cc1ncsc1CCOc1nnc(CN)s1. The van der Waals surface area contributed by atoms with Crippen LogP contribution in [-0.2, 0) is 13.0 Å². The van der Waals surface area contributed by atoms with E-state index >= 15 is 0 Å². The highest BCUT2D eigenvalue weighted by Crippen LogP contribution is 2.18. The zero-order valence-electron chi connectivity index (χ0n) is 8.84. The van der Waals surface area contributed by atoms with Crippen LogP contribution in [0.25, 0.3) is 0 Å². The standard InChI is InChI=1S/C9H12N4OS2/c1-6-7(15-5-11-6)2-3-14-9-13-12-8(4-10)16-9/h5H,2-4,10H2,1H3. The Hall–Kier alpha value is -1.05. The fourth-order valence-electron chi connectivity index (χ4n) is 1.18. The molecule has 0 aliphatic heterocycles. The molecule has 0 bridgehead atoms. The van der Waals surface area contributed by atoms with Crippen molar-refractivity contribution >= 4 is 22.7 Å². The van der Waals surface area contributed by atoms with Gasteiger partial charge in [-0.15, -0.1) is 21.5 Å². The molecule has 0 radical (unpaired) electrons. The van der Waals surface area contributed by atoms with Crippen molar-refractivity contribution < 1.29 is 4.74 Å². The molecule has 7 heteroatoms. The maximum atomic E-state index is 5.49. The lowest BCUT2D eigenvalue weighted by Crippen LogP contribution is -2.00. The summed E-state index contributed by atoms with van der Waals surface area (Å²) in [5.41, 5.74) is 8.36. The van der Waals surface area contributed by atoms with Crippen molar-refractivity contribution in [2.24, 2.45) is 5.73 Å². The molecule has 2 N–H and O–H groups in total. The van der Waals surface area contributed by atoms with Gasteiger partial charge in [0.25, 0.3) is 5.19 Å². The Kier molecular flexibility index (Phi) is 3.81. The van der Waals surface area contributed by atoms with Crippen LogP contribution in [-0.4, -0.2) is 21.8 Å². The zero-order chi connectivity index (χ0) is 11.4. The molecule has 0 aliphatic carbocycles. The van der Waals surface area contributed by atoms with Gasteiger partial charge in [0, 0.05) is 17.8 Å². The number of thiazole rings is 1. The molecule has 2 heterocycles. The molecule has 5 nitrogen and oxygen atoms in total. The highest BCUT2D eigenvalue weighted by Gasteiger charge is 2.05. The molecule has 0 saturated carbocycles. The van der Waals surface area contributed by atoms with E-state index in [1.807, 2.05) is 12.4 Å². The predicted octanol–water partition coefficient (Wildman–Crippen LogP) is 1.38. The first-order valence-corrected chi connectivity index (χ1v) is 6.53. The van der Waals surface area contributed by atoms with Crippen LogP contribution in [0.2, 0.25) is 0 Å². The van der Waals surface area contributed by atoms with Crippen molar-refractivity contribution in [3.05, 3.63) is 21.1 Å². The average molecular weight is 256 g/mol. The molecule has 86 valence electrons. The molecular formula is C9H12N4OS2. The quantitative estimate of drug-likeness (QED) is 0.875. The van der Waals surface area contributed by atoms with Crippen LogP contribution >= 0.6 is 22.7 Å². The van der Waals surface area contributed by atoms with E-state index in [4.69, 9.17) is 10.5 Å². The summed E-state index contributed by atoms with van der Waals surface area (Å²) >= 11 is 3.04. The second-order valence-electron chi connectivity index (χ2n) is 3.13. The molecular weight excluding hydrogens is 244 g/mol. The van der Waals surface area contributed by atoms with Gasteiger partial charge in [-0.3, -0.25) is 0 Å². The van der Waals surface area contributed by atoms with Gasteiger partial charge >= 0.3 is 0 Å². The minimum Gasteiger partial charge on any atom is -0.469 e. The van der Waals surface area contributed by atoms with Crippen molar-refractivity contribution in [1.82, 2.24) is 15.2 Å². The lowest BCUT2D eigenvalue weighted by atomic mass is 10.3. The van der Waals surface area contributed by atoms with Crippen LogP contribution in [0.3, 0.4) is 0 Å². The predicted molar refractivity (Wildman–Crippen MR) is 63.9 cm³/mol. The lowest BCUT2D eigenvalue weighted by molar-refractivity contribution is 0.318. The number of nitrogens with two attached hydrogens (primary N) is 1. The number of hydrogen-bond donors (Lipinski definition) is 1. The third kappa shape index (κ3) is 2.75. The van der Waals surface area contributed by atoms with Gasteiger partial charge in [-0.25, -0.2) is 4.98 Å². The Morgan fingerprint density at radius 2 is 2.31 bits per heavy atom. The summed E-state index contributed by atoms with van der Waals surface area (Å²) in [7, 11) is 0. The molecule has 2 rings (SSSR count). The zero-order valence-corrected chi connectivity index (χ0v) is 10.5. The minimum absolute atomic E-state index is 0.412. The lowest BCUT2D eigenvalue weighted by Gasteiger charge is -1.99. The summed E-state index contributed by atoms with van der Waals surface area (Å²) in [5.74, 6) is 0. The van der Waals surface area contributed by atoms with Gasteiger partial charge in [-0.2, -0.15) is 0 Å². The van der Waals surface area contributed by atoms with E-state index in [9.17, 15) is 0 Å². The summed E-state index contributed by atoms with van der Waals surface area (Å²) < 4.78 is 5.49. The Labute approximate surface area is 101 Å². The molecule has 0 unspecified atom stereocenters. The summed E-state index contributed by atoms with van der Waals surface area (Å²) in [4.78, 5) is 5.43. The number of ether oxygens (including phenoxy) is 1. The largest absolute Gasteiger partial charge is 0.469 e. The number of rotatable bonds is 5. The molecule has 0 fully saturated rings. The molecule has 16 heavy (non-hydrogen) atoms. The van der Waals surface area contributed by atoms with E-state index in [1.54, 1.807) is 11.3 Å². The fraction of sp³-hybridized carbons (Fsp3) is 0.444. The van der Waals surface area contributed by atoms with Crippen LogP contribution in [0.15, 0.2) is 5.51 Å². The van der Waals surface area contributed by atoms with Gasteiger partial charge in [-0.1, -0.05) is 11.3 Å². The molecule has 0 aliphatic rings. The number of nitrogens with zero attached hydrogens (tertiary/aromatic N) is 3. The fourth-order valence-corrected chi connectivity index (χ4v) is 2.53. The summed E-state index contributed by atoms with van der Waals surface area (Å²) in [5, 5.41) is 9.14. The van der Waals surface area contributed by atoms with Crippen LogP contribution in [0, 0.1) is 6.92 Å². The van der Waals surface area contributed by atoms with Crippen molar-refractivity contribution in [3.63, 3.8) is 0 Å². The molecule has 0 atom stereocenters. The maximum absolute atomic E-state index is 5.49. The summed E-state index contributed by atoms with van der Waals surface area (Å²) in [6, 6.07) is 0. The van der Waals surface area contributed by atoms with E-state index in [0.29, 0.717) is 18.3 Å². The number of aromatic nitrogens is 3. The van der Waals surface area contributed by atoms with Crippen LogP contribution in [0.1, 0.15) is 15.6 Å². The molecule has 0 aromatic carbocycles. The van der Waals surface area contributed by atoms with E-state index in [2.05, 4.69) is 15.2 Å². The van der Waals surface area contributed by atoms with Crippen LogP contribution < -0.4 is 10.5 Å². The second-order valence-corrected chi connectivity index (χ2v) is 5.09. The summed E-state index contributed by atoms with van der Waals surface area (Å²) in [6.45, 7) is 3.01. The first kappa shape index (κ1) is 11.4. The van der Waals surface area contributed by atoms with Crippen molar-refractivity contribution in [1.29, 1.82) is 0 Å². The van der Waals surface area contributed by atoms with Crippen molar-refractivity contribution in [3.8, 4) is 5.19 Å². The van der Waals surface area contributed by atoms with Gasteiger partial charge in [0.15, 0.2) is 0 Å². The first-order valence-electron chi connectivity index (χ1n) is 4.84. The van der Waals surface area contributed by atoms with Gasteiger partial charge in [0.1, 0.15) is 5.01 Å². The van der Waals surface area contributed by atoms with Gasteiger partial charge in [0.2, 0.25) is 0 Å². The molecule has 0 saturated heterocycles.